The van der Waals surface area contributed by atoms with E-state index in [2.05, 4.69) is 10.1 Å². The number of benzene rings is 2. The van der Waals surface area contributed by atoms with E-state index in [1.807, 2.05) is 13.0 Å². The SMILES string of the molecule is CC(NCC(O)c1ccc(C#N)cc1)c1ccc(OC(F)F)cc1. The van der Waals surface area contributed by atoms with E-state index in [1.165, 1.54) is 12.1 Å². The molecule has 0 aliphatic heterocycles. The minimum atomic E-state index is -2.84. The summed E-state index contributed by atoms with van der Waals surface area (Å²) in [5.41, 5.74) is 2.15. The summed E-state index contributed by atoms with van der Waals surface area (Å²) in [6.07, 6.45) is -0.707. The fourth-order valence-electron chi connectivity index (χ4n) is 2.24. The zero-order valence-electron chi connectivity index (χ0n) is 13.1. The van der Waals surface area contributed by atoms with E-state index in [1.54, 1.807) is 36.4 Å². The summed E-state index contributed by atoms with van der Waals surface area (Å²) in [6.45, 7) is -0.606. The first-order valence-corrected chi connectivity index (χ1v) is 7.46. The Morgan fingerprint density at radius 1 is 1.08 bits per heavy atom. The average Bonchev–Trinajstić information content (AvgIpc) is 2.59. The van der Waals surface area contributed by atoms with Crippen LogP contribution in [0, 0.1) is 11.3 Å². The summed E-state index contributed by atoms with van der Waals surface area (Å²) < 4.78 is 28.5. The van der Waals surface area contributed by atoms with Gasteiger partial charge in [-0.2, -0.15) is 14.0 Å². The zero-order chi connectivity index (χ0) is 17.5. The van der Waals surface area contributed by atoms with Crippen LogP contribution in [0.5, 0.6) is 5.75 Å². The van der Waals surface area contributed by atoms with E-state index in [4.69, 9.17) is 5.26 Å². The number of halogens is 2. The Kier molecular flexibility index (Phi) is 6.24. The molecule has 6 heteroatoms. The summed E-state index contributed by atoms with van der Waals surface area (Å²) >= 11 is 0. The average molecular weight is 332 g/mol. The predicted molar refractivity (Wildman–Crippen MR) is 85.6 cm³/mol. The van der Waals surface area contributed by atoms with Crippen molar-refractivity contribution >= 4 is 0 Å². The fourth-order valence-corrected chi connectivity index (χ4v) is 2.24. The monoisotopic (exact) mass is 332 g/mol. The third-order valence-corrected chi connectivity index (χ3v) is 3.65. The molecule has 24 heavy (non-hydrogen) atoms. The van der Waals surface area contributed by atoms with Gasteiger partial charge in [-0.1, -0.05) is 24.3 Å². The largest absolute Gasteiger partial charge is 0.435 e. The van der Waals surface area contributed by atoms with Gasteiger partial charge in [0, 0.05) is 12.6 Å². The summed E-state index contributed by atoms with van der Waals surface area (Å²) in [4.78, 5) is 0. The molecule has 2 rings (SSSR count). The Hall–Kier alpha value is -2.49. The van der Waals surface area contributed by atoms with Crippen LogP contribution < -0.4 is 10.1 Å². The number of nitriles is 1. The minimum Gasteiger partial charge on any atom is -0.435 e. The Morgan fingerprint density at radius 3 is 2.21 bits per heavy atom. The third kappa shape index (κ3) is 5.01. The van der Waals surface area contributed by atoms with E-state index in [9.17, 15) is 13.9 Å². The number of nitrogens with zero attached hydrogens (tertiary/aromatic N) is 1. The van der Waals surface area contributed by atoms with Crippen molar-refractivity contribution < 1.29 is 18.6 Å². The molecule has 0 aliphatic rings. The molecule has 0 amide bonds. The van der Waals surface area contributed by atoms with Crippen LogP contribution in [0.15, 0.2) is 48.5 Å². The first kappa shape index (κ1) is 17.9. The van der Waals surface area contributed by atoms with Crippen molar-refractivity contribution in [2.75, 3.05) is 6.54 Å². The Morgan fingerprint density at radius 2 is 1.67 bits per heavy atom. The first-order chi connectivity index (χ1) is 11.5. The lowest BCUT2D eigenvalue weighted by Gasteiger charge is -2.18. The van der Waals surface area contributed by atoms with Crippen LogP contribution in [0.2, 0.25) is 0 Å². The highest BCUT2D eigenvalue weighted by atomic mass is 19.3. The van der Waals surface area contributed by atoms with Gasteiger partial charge in [0.2, 0.25) is 0 Å². The highest BCUT2D eigenvalue weighted by molar-refractivity contribution is 5.32. The molecule has 2 unspecified atom stereocenters. The van der Waals surface area contributed by atoms with Gasteiger partial charge in [-0.15, -0.1) is 0 Å². The molecule has 0 aliphatic carbocycles. The van der Waals surface area contributed by atoms with Crippen LogP contribution in [0.1, 0.15) is 35.8 Å². The number of nitrogens with one attached hydrogen (secondary N) is 1. The second-order valence-electron chi connectivity index (χ2n) is 5.33. The molecule has 2 N–H and O–H groups in total. The quantitative estimate of drug-likeness (QED) is 0.814. The normalized spacial score (nSPS) is 13.3. The van der Waals surface area contributed by atoms with Gasteiger partial charge < -0.3 is 15.2 Å². The summed E-state index contributed by atoms with van der Waals surface area (Å²) in [7, 11) is 0. The minimum absolute atomic E-state index is 0.0707. The summed E-state index contributed by atoms with van der Waals surface area (Å²) in [5.74, 6) is 0.110. The topological polar surface area (TPSA) is 65.3 Å². The van der Waals surface area contributed by atoms with Gasteiger partial charge in [0.05, 0.1) is 17.7 Å². The van der Waals surface area contributed by atoms with Crippen molar-refractivity contribution in [1.82, 2.24) is 5.32 Å². The Bertz CT molecular complexity index is 682. The lowest BCUT2D eigenvalue weighted by atomic mass is 10.1. The van der Waals surface area contributed by atoms with Gasteiger partial charge in [0.15, 0.2) is 0 Å². The number of alkyl halides is 2. The Balaban J connectivity index is 1.89. The van der Waals surface area contributed by atoms with Crippen molar-refractivity contribution in [3.05, 3.63) is 65.2 Å². The molecule has 2 aromatic rings. The third-order valence-electron chi connectivity index (χ3n) is 3.65. The number of hydrogen-bond acceptors (Lipinski definition) is 4. The van der Waals surface area contributed by atoms with Gasteiger partial charge in [-0.3, -0.25) is 0 Å². The van der Waals surface area contributed by atoms with Gasteiger partial charge >= 0.3 is 6.61 Å². The Labute approximate surface area is 139 Å². The van der Waals surface area contributed by atoms with Crippen LogP contribution in [0.25, 0.3) is 0 Å². The second-order valence-corrected chi connectivity index (χ2v) is 5.33. The maximum absolute atomic E-state index is 12.1. The van der Waals surface area contributed by atoms with Crippen LogP contribution in [0.3, 0.4) is 0 Å². The molecule has 0 saturated heterocycles. The van der Waals surface area contributed by atoms with Crippen molar-refractivity contribution in [1.29, 1.82) is 5.26 Å². The first-order valence-electron chi connectivity index (χ1n) is 7.46. The van der Waals surface area contributed by atoms with Gasteiger partial charge in [-0.25, -0.2) is 0 Å². The second kappa shape index (κ2) is 8.39. The molecule has 4 nitrogen and oxygen atoms in total. The molecule has 0 fully saturated rings. The number of aliphatic hydroxyl groups is 1. The lowest BCUT2D eigenvalue weighted by Crippen LogP contribution is -2.24. The number of hydrogen-bond donors (Lipinski definition) is 2. The molecule has 0 saturated carbocycles. The van der Waals surface area contributed by atoms with E-state index < -0.39 is 12.7 Å². The molecule has 0 aromatic heterocycles. The molecule has 126 valence electrons. The molecular formula is C18H18F2N2O2. The maximum atomic E-state index is 12.1. The maximum Gasteiger partial charge on any atom is 0.387 e. The summed E-state index contributed by atoms with van der Waals surface area (Å²) in [6, 6.07) is 15.1. The van der Waals surface area contributed by atoms with E-state index in [-0.39, 0.29) is 11.8 Å². The molecule has 0 spiro atoms. The van der Waals surface area contributed by atoms with E-state index in [0.29, 0.717) is 12.1 Å². The van der Waals surface area contributed by atoms with Crippen molar-refractivity contribution in [3.8, 4) is 11.8 Å². The number of rotatable bonds is 7. The lowest BCUT2D eigenvalue weighted by molar-refractivity contribution is -0.0498. The van der Waals surface area contributed by atoms with Crippen molar-refractivity contribution in [3.63, 3.8) is 0 Å². The van der Waals surface area contributed by atoms with E-state index >= 15 is 0 Å². The highest BCUT2D eigenvalue weighted by Crippen LogP contribution is 2.20. The van der Waals surface area contributed by atoms with Gasteiger partial charge in [-0.05, 0) is 42.3 Å². The molecule has 0 radical (unpaired) electrons. The van der Waals surface area contributed by atoms with Crippen LogP contribution in [-0.4, -0.2) is 18.3 Å². The molecule has 2 atom stereocenters. The summed E-state index contributed by atoms with van der Waals surface area (Å²) in [5, 5.41) is 22.1. The van der Waals surface area contributed by atoms with E-state index in [0.717, 1.165) is 11.1 Å². The van der Waals surface area contributed by atoms with Gasteiger partial charge in [0.1, 0.15) is 5.75 Å². The van der Waals surface area contributed by atoms with Crippen molar-refractivity contribution in [2.24, 2.45) is 0 Å². The molecule has 0 bridgehead atoms. The highest BCUT2D eigenvalue weighted by Gasteiger charge is 2.11. The molecular weight excluding hydrogens is 314 g/mol. The van der Waals surface area contributed by atoms with Crippen LogP contribution in [0.4, 0.5) is 8.78 Å². The van der Waals surface area contributed by atoms with Crippen LogP contribution >= 0.6 is 0 Å². The van der Waals surface area contributed by atoms with Crippen LogP contribution in [-0.2, 0) is 0 Å². The number of ether oxygens (including phenoxy) is 1. The smallest absolute Gasteiger partial charge is 0.387 e. The fraction of sp³-hybridized carbons (Fsp3) is 0.278. The zero-order valence-corrected chi connectivity index (χ0v) is 13.1. The van der Waals surface area contributed by atoms with Crippen molar-refractivity contribution in [2.45, 2.75) is 25.7 Å². The number of aliphatic hydroxyl groups excluding tert-OH is 1. The van der Waals surface area contributed by atoms with Gasteiger partial charge in [0.25, 0.3) is 0 Å². The molecule has 0 heterocycles. The predicted octanol–water partition coefficient (Wildman–Crippen LogP) is 3.54. The molecule has 2 aromatic carbocycles. The standard InChI is InChI=1S/C18H18F2N2O2/c1-12(14-6-8-16(9-7-14)24-18(19)20)22-11-17(23)15-4-2-13(10-21)3-5-15/h2-9,12,17-18,22-23H,11H2,1H3.